The van der Waals surface area contributed by atoms with Crippen LogP contribution in [0.5, 0.6) is 0 Å². The van der Waals surface area contributed by atoms with E-state index >= 15 is 0 Å². The van der Waals surface area contributed by atoms with Crippen LogP contribution in [0.4, 0.5) is 0 Å². The summed E-state index contributed by atoms with van der Waals surface area (Å²) in [4.78, 5) is 5.00. The van der Waals surface area contributed by atoms with E-state index in [2.05, 4.69) is 154 Å². The van der Waals surface area contributed by atoms with E-state index < -0.39 is 0 Å². The molecular weight excluding hydrogens is 462 g/mol. The molecule has 0 aromatic carbocycles. The fourth-order valence-electron chi connectivity index (χ4n) is 3.74. The second kappa shape index (κ2) is 12.0. The predicted octanol–water partition coefficient (Wildman–Crippen LogP) is 7.81. The second-order valence-corrected chi connectivity index (χ2v) is 10.5. The minimum atomic E-state index is 1.17. The maximum atomic E-state index is 2.22. The van der Waals surface area contributed by atoms with E-state index in [4.69, 9.17) is 0 Å². The number of pyridine rings is 1. The van der Waals surface area contributed by atoms with Gasteiger partial charge >= 0.3 is 0 Å². The van der Waals surface area contributed by atoms with Gasteiger partial charge in [-0.1, -0.05) is 12.2 Å². The summed E-state index contributed by atoms with van der Waals surface area (Å²) in [5.74, 6) is 2.47. The first-order valence-electron chi connectivity index (χ1n) is 11.6. The van der Waals surface area contributed by atoms with Crippen LogP contribution in [0.2, 0.25) is 0 Å². The molecule has 3 aromatic rings. The minimum absolute atomic E-state index is 1.17. The number of hydrogen-bond acceptors (Lipinski definition) is 2. The average Bonchev–Trinajstić information content (AvgIpc) is 3.68. The van der Waals surface area contributed by atoms with Crippen molar-refractivity contribution in [2.24, 2.45) is 7.05 Å². The van der Waals surface area contributed by atoms with Crippen LogP contribution >= 0.6 is 22.7 Å². The lowest BCUT2D eigenvalue weighted by atomic mass is 10.1. The Bertz CT molecular complexity index is 1130. The van der Waals surface area contributed by atoms with Gasteiger partial charge in [0.15, 0.2) is 0 Å². The molecule has 10 radical (unpaired) electrons. The van der Waals surface area contributed by atoms with Crippen LogP contribution in [0.25, 0.3) is 36.5 Å². The monoisotopic (exact) mass is 488 g/mol. The highest BCUT2D eigenvalue weighted by Gasteiger charge is 2.14. The van der Waals surface area contributed by atoms with Crippen molar-refractivity contribution in [1.29, 1.82) is 0 Å². The van der Waals surface area contributed by atoms with Crippen molar-refractivity contribution >= 4 is 59.1 Å². The van der Waals surface area contributed by atoms with Gasteiger partial charge < -0.3 is 0 Å². The van der Waals surface area contributed by atoms with E-state index in [0.717, 1.165) is 0 Å². The van der Waals surface area contributed by atoms with Crippen LogP contribution in [-0.4, -0.2) is 0 Å². The molecule has 0 atom stereocenters. The highest BCUT2D eigenvalue weighted by atomic mass is 32.1. The molecular formula is C32H26NS2+. The number of nitrogens with zero attached hydrogens (tertiary/aromatic N) is 1. The number of rotatable bonds is 8. The van der Waals surface area contributed by atoms with Crippen molar-refractivity contribution < 1.29 is 4.57 Å². The Hall–Kier alpha value is -2.49. The van der Waals surface area contributed by atoms with Crippen molar-refractivity contribution in [3.05, 3.63) is 149 Å². The molecule has 3 heteroatoms. The molecule has 35 heavy (non-hydrogen) atoms. The Labute approximate surface area is 218 Å². The predicted molar refractivity (Wildman–Crippen MR) is 153 cm³/mol. The molecule has 0 bridgehead atoms. The molecule has 0 spiro atoms. The van der Waals surface area contributed by atoms with Gasteiger partial charge in [0, 0.05) is 55.6 Å². The first-order valence-corrected chi connectivity index (χ1v) is 13.2. The molecule has 0 unspecified atom stereocenters. The molecule has 3 aromatic heterocycles. The van der Waals surface area contributed by atoms with E-state index in [1.54, 1.807) is 22.7 Å². The molecule has 0 amide bonds. The molecule has 2 aliphatic carbocycles. The zero-order valence-corrected chi connectivity index (χ0v) is 21.2. The Kier molecular flexibility index (Phi) is 8.28. The Balaban J connectivity index is 1.22. The van der Waals surface area contributed by atoms with Gasteiger partial charge in [-0.3, -0.25) is 0 Å². The molecule has 0 aliphatic heterocycles. The van der Waals surface area contributed by atoms with Crippen LogP contribution in [0, 0.1) is 63.2 Å². The summed E-state index contributed by atoms with van der Waals surface area (Å²) < 4.78 is 2.22. The zero-order chi connectivity index (χ0) is 23.9. The van der Waals surface area contributed by atoms with Crippen LogP contribution in [0.1, 0.15) is 30.9 Å². The van der Waals surface area contributed by atoms with Gasteiger partial charge in [0.25, 0.3) is 0 Å². The quantitative estimate of drug-likeness (QED) is 0.285. The number of allylic oxidation sites excluding steroid dienone is 2. The SMILES string of the molecule is C[n+]1c(/C=C/c2ccc(/C=C/[C]3[CH][CH][CH][CH]3)s2)cccc1/C=C/c1ccc(/C=C/[C]2[CH][CH][CH][CH]2)s1. The number of aromatic nitrogens is 1. The van der Waals surface area contributed by atoms with Crippen LogP contribution in [-0.2, 0) is 7.05 Å². The lowest BCUT2D eigenvalue weighted by Gasteiger charge is -1.98. The third-order valence-electron chi connectivity index (χ3n) is 5.70. The Morgan fingerprint density at radius 3 is 1.26 bits per heavy atom. The highest BCUT2D eigenvalue weighted by Crippen LogP contribution is 2.28. The first-order chi connectivity index (χ1) is 17.2. The largest absolute Gasteiger partial charge is 0.205 e. The van der Waals surface area contributed by atoms with E-state index in [0.29, 0.717) is 0 Å². The summed E-state index contributed by atoms with van der Waals surface area (Å²) in [6, 6.07) is 15.1. The molecule has 170 valence electrons. The Morgan fingerprint density at radius 1 is 0.486 bits per heavy atom. The normalized spacial score (nSPS) is 18.0. The van der Waals surface area contributed by atoms with Crippen molar-refractivity contribution in [3.8, 4) is 0 Å². The minimum Gasteiger partial charge on any atom is -0.195 e. The molecule has 3 heterocycles. The van der Waals surface area contributed by atoms with Crippen molar-refractivity contribution in [3.63, 3.8) is 0 Å². The summed E-state index contributed by atoms with van der Waals surface area (Å²) in [5, 5.41) is 0. The van der Waals surface area contributed by atoms with Crippen molar-refractivity contribution in [2.75, 3.05) is 0 Å². The summed E-state index contributed by atoms with van der Waals surface area (Å²) in [5.41, 5.74) is 2.33. The molecule has 0 saturated heterocycles. The summed E-state index contributed by atoms with van der Waals surface area (Å²) in [7, 11) is 2.12. The third-order valence-corrected chi connectivity index (χ3v) is 7.73. The number of hydrogen-bond donors (Lipinski definition) is 0. The van der Waals surface area contributed by atoms with Crippen molar-refractivity contribution in [2.45, 2.75) is 0 Å². The maximum absolute atomic E-state index is 2.22. The van der Waals surface area contributed by atoms with Gasteiger partial charge in [-0.2, -0.15) is 4.57 Å². The topological polar surface area (TPSA) is 3.88 Å². The van der Waals surface area contributed by atoms with Gasteiger partial charge in [-0.15, -0.1) is 22.7 Å². The molecule has 2 saturated carbocycles. The fourth-order valence-corrected chi connectivity index (χ4v) is 5.37. The van der Waals surface area contributed by atoms with E-state index in [9.17, 15) is 0 Å². The van der Waals surface area contributed by atoms with Crippen molar-refractivity contribution in [1.82, 2.24) is 0 Å². The maximum Gasteiger partial charge on any atom is 0.205 e. The van der Waals surface area contributed by atoms with E-state index in [1.165, 1.54) is 42.7 Å². The average molecular weight is 489 g/mol. The molecule has 0 N–H and O–H groups in total. The number of thiophene rings is 2. The standard InChI is InChI=1S/C32H26NS2/c1-33-27(15-19-31-23-21-29(34-31)17-13-25-7-2-3-8-25)11-6-12-28(33)16-20-32-24-22-30(35-32)18-14-26-9-4-5-10-26/h2-24H,1H3/q+1/b17-13+,18-14+,19-15+,20-16+. The molecule has 1 nitrogen and oxygen atoms in total. The van der Waals surface area contributed by atoms with E-state index in [1.807, 2.05) is 0 Å². The zero-order valence-electron chi connectivity index (χ0n) is 19.5. The van der Waals surface area contributed by atoms with Crippen LogP contribution < -0.4 is 4.57 Å². The van der Waals surface area contributed by atoms with Gasteiger partial charge in [0.2, 0.25) is 11.4 Å². The van der Waals surface area contributed by atoms with Gasteiger partial charge in [0.05, 0.1) is 0 Å². The highest BCUT2D eigenvalue weighted by molar-refractivity contribution is 7.14. The van der Waals surface area contributed by atoms with Crippen LogP contribution in [0.15, 0.2) is 54.6 Å². The second-order valence-electron chi connectivity index (χ2n) is 8.18. The smallest absolute Gasteiger partial charge is 0.195 e. The fraction of sp³-hybridized carbons (Fsp3) is 0.0312. The molecule has 5 rings (SSSR count). The van der Waals surface area contributed by atoms with Gasteiger partial charge in [-0.25, -0.2) is 0 Å². The summed E-state index contributed by atoms with van der Waals surface area (Å²) >= 11 is 3.59. The molecule has 2 aliphatic rings. The third kappa shape index (κ3) is 6.80. The first kappa shape index (κ1) is 24.2. The summed E-state index contributed by atoms with van der Waals surface area (Å²) in [6.45, 7) is 0. The lowest BCUT2D eigenvalue weighted by Crippen LogP contribution is -2.35. The van der Waals surface area contributed by atoms with Gasteiger partial charge in [-0.05, 0) is 106 Å². The molecule has 2 fully saturated rings. The van der Waals surface area contributed by atoms with E-state index in [-0.39, 0.29) is 0 Å². The summed E-state index contributed by atoms with van der Waals surface area (Å²) in [6.07, 6.45) is 34.2. The Morgan fingerprint density at radius 2 is 0.857 bits per heavy atom. The van der Waals surface area contributed by atoms with Crippen LogP contribution in [0.3, 0.4) is 0 Å². The lowest BCUT2D eigenvalue weighted by molar-refractivity contribution is -0.675. The van der Waals surface area contributed by atoms with Gasteiger partial charge in [0.1, 0.15) is 7.05 Å².